The molecule has 0 radical (unpaired) electrons. The van der Waals surface area contributed by atoms with Crippen molar-refractivity contribution in [3.05, 3.63) is 36.3 Å². The number of esters is 1. The zero-order chi connectivity index (χ0) is 17.4. The molecule has 5 heteroatoms. The van der Waals surface area contributed by atoms with Crippen LogP contribution in [-0.2, 0) is 14.3 Å². The van der Waals surface area contributed by atoms with E-state index in [0.29, 0.717) is 12.0 Å². The summed E-state index contributed by atoms with van der Waals surface area (Å²) in [6.45, 7) is 4.03. The predicted octanol–water partition coefficient (Wildman–Crippen LogP) is 3.50. The summed E-state index contributed by atoms with van der Waals surface area (Å²) < 4.78 is 17.1. The van der Waals surface area contributed by atoms with Crippen LogP contribution in [0.25, 0.3) is 0 Å². The molecule has 25 heavy (non-hydrogen) atoms. The Kier molecular flexibility index (Phi) is 2.85. The van der Waals surface area contributed by atoms with E-state index in [4.69, 9.17) is 13.9 Å². The number of hydrogen-bond donors (Lipinski definition) is 0. The van der Waals surface area contributed by atoms with Gasteiger partial charge in [0.25, 0.3) is 0 Å². The maximum atomic E-state index is 12.8. The smallest absolute Gasteiger partial charge is 0.314 e. The molecule has 0 aromatic carbocycles. The van der Waals surface area contributed by atoms with E-state index in [1.807, 2.05) is 13.8 Å². The molecule has 2 aliphatic carbocycles. The van der Waals surface area contributed by atoms with Crippen LogP contribution in [0.15, 0.2) is 35.2 Å². The number of carbonyl (C=O) groups excluding carboxylic acids is 2. The van der Waals surface area contributed by atoms with Gasteiger partial charge in [0.15, 0.2) is 5.78 Å². The number of furan rings is 1. The number of carbonyl (C=O) groups is 2. The van der Waals surface area contributed by atoms with Gasteiger partial charge in [0.1, 0.15) is 6.26 Å². The average molecular weight is 342 g/mol. The van der Waals surface area contributed by atoms with Crippen molar-refractivity contribution in [2.75, 3.05) is 0 Å². The first-order chi connectivity index (χ1) is 11.9. The van der Waals surface area contributed by atoms with Crippen LogP contribution < -0.4 is 0 Å². The minimum atomic E-state index is -0.580. The minimum absolute atomic E-state index is 0.00451. The SMILES string of the molecule is C[C@]12CCC[C@@]34[C@@H](OC1=O)O[C@@](C)(C=C[C@H]32)[C@@H]4CC(=O)c1ccoc1. The first kappa shape index (κ1) is 15.4. The number of fused-ring (bicyclic) bond motifs is 1. The second-order valence-corrected chi connectivity index (χ2v) is 8.45. The van der Waals surface area contributed by atoms with Gasteiger partial charge in [-0.1, -0.05) is 18.6 Å². The lowest BCUT2D eigenvalue weighted by molar-refractivity contribution is -0.248. The first-order valence-electron chi connectivity index (χ1n) is 9.04. The largest absolute Gasteiger partial charge is 0.472 e. The highest BCUT2D eigenvalue weighted by molar-refractivity contribution is 5.96. The molecule has 1 spiro atoms. The summed E-state index contributed by atoms with van der Waals surface area (Å²) in [5.41, 5.74) is -0.806. The monoisotopic (exact) mass is 342 g/mol. The van der Waals surface area contributed by atoms with E-state index in [1.54, 1.807) is 6.07 Å². The first-order valence-corrected chi connectivity index (χ1v) is 9.04. The molecule has 1 aromatic rings. The molecular weight excluding hydrogens is 320 g/mol. The Morgan fingerprint density at radius 3 is 2.92 bits per heavy atom. The summed E-state index contributed by atoms with van der Waals surface area (Å²) in [5, 5.41) is 0. The molecule has 4 aliphatic rings. The third-order valence-electron chi connectivity index (χ3n) is 7.24. The van der Waals surface area contributed by atoms with Gasteiger partial charge in [-0.05, 0) is 32.8 Å². The molecule has 3 bridgehead atoms. The summed E-state index contributed by atoms with van der Waals surface area (Å²) in [6.07, 6.45) is 9.78. The van der Waals surface area contributed by atoms with Gasteiger partial charge in [-0.3, -0.25) is 9.59 Å². The van der Waals surface area contributed by atoms with Gasteiger partial charge in [0.2, 0.25) is 6.29 Å². The molecule has 0 N–H and O–H groups in total. The molecule has 2 saturated heterocycles. The summed E-state index contributed by atoms with van der Waals surface area (Å²) in [4.78, 5) is 25.5. The van der Waals surface area contributed by atoms with Crippen LogP contribution in [0, 0.1) is 22.7 Å². The Hall–Kier alpha value is -1.88. The molecule has 1 saturated carbocycles. The Bertz CT molecular complexity index is 780. The standard InChI is InChI=1S/C20H22O5/c1-18-6-3-7-20-14(18)4-8-19(2,25-17(20)24-16(18)22)15(20)10-13(21)12-5-9-23-11-12/h4-5,8-9,11,14-15,17H,3,6-7,10H2,1-2H3/t14-,15-,17-,18+,19-,20+/m0/s1. The third kappa shape index (κ3) is 1.72. The third-order valence-corrected chi connectivity index (χ3v) is 7.24. The lowest BCUT2D eigenvalue weighted by atomic mass is 9.46. The number of allylic oxidation sites excluding steroid dienone is 1. The van der Waals surface area contributed by atoms with Crippen LogP contribution in [0.4, 0.5) is 0 Å². The lowest BCUT2D eigenvalue weighted by Gasteiger charge is -2.58. The molecule has 0 unspecified atom stereocenters. The fraction of sp³-hybridized carbons (Fsp3) is 0.600. The highest BCUT2D eigenvalue weighted by Crippen LogP contribution is 2.70. The van der Waals surface area contributed by atoms with Gasteiger partial charge >= 0.3 is 5.97 Å². The quantitative estimate of drug-likeness (QED) is 0.478. The van der Waals surface area contributed by atoms with E-state index in [-0.39, 0.29) is 29.0 Å². The zero-order valence-electron chi connectivity index (χ0n) is 14.5. The molecule has 132 valence electrons. The van der Waals surface area contributed by atoms with E-state index in [1.165, 1.54) is 12.5 Å². The maximum Gasteiger partial charge on any atom is 0.314 e. The predicted molar refractivity (Wildman–Crippen MR) is 87.5 cm³/mol. The van der Waals surface area contributed by atoms with Gasteiger partial charge in [0.05, 0.1) is 22.8 Å². The van der Waals surface area contributed by atoms with Crippen molar-refractivity contribution in [2.24, 2.45) is 22.7 Å². The highest BCUT2D eigenvalue weighted by atomic mass is 16.7. The van der Waals surface area contributed by atoms with Gasteiger partial charge in [-0.15, -0.1) is 0 Å². The summed E-state index contributed by atoms with van der Waals surface area (Å²) in [6, 6.07) is 1.70. The number of ether oxygens (including phenoxy) is 2. The van der Waals surface area contributed by atoms with E-state index in [9.17, 15) is 9.59 Å². The molecule has 3 fully saturated rings. The summed E-state index contributed by atoms with van der Waals surface area (Å²) in [5.74, 6) is -0.0387. The zero-order valence-corrected chi connectivity index (χ0v) is 14.5. The number of ketones is 1. The highest BCUT2D eigenvalue weighted by Gasteiger charge is 2.74. The average Bonchev–Trinajstić information content (AvgIpc) is 3.14. The van der Waals surface area contributed by atoms with Crippen molar-refractivity contribution >= 4 is 11.8 Å². The van der Waals surface area contributed by atoms with E-state index < -0.39 is 17.3 Å². The molecule has 2 aliphatic heterocycles. The number of hydrogen-bond acceptors (Lipinski definition) is 5. The van der Waals surface area contributed by atoms with Gasteiger partial charge in [0, 0.05) is 23.7 Å². The van der Waals surface area contributed by atoms with Crippen molar-refractivity contribution < 1.29 is 23.5 Å². The second kappa shape index (κ2) is 4.64. The van der Waals surface area contributed by atoms with Crippen LogP contribution in [0.2, 0.25) is 0 Å². The van der Waals surface area contributed by atoms with Crippen LogP contribution in [-0.4, -0.2) is 23.6 Å². The molecule has 5 rings (SSSR count). The summed E-state index contributed by atoms with van der Waals surface area (Å²) >= 11 is 0. The molecule has 6 atom stereocenters. The Morgan fingerprint density at radius 2 is 2.16 bits per heavy atom. The van der Waals surface area contributed by atoms with Crippen molar-refractivity contribution in [2.45, 2.75) is 51.4 Å². The van der Waals surface area contributed by atoms with E-state index in [2.05, 4.69) is 12.2 Å². The molecule has 5 nitrogen and oxygen atoms in total. The maximum absolute atomic E-state index is 12.8. The Balaban J connectivity index is 1.60. The second-order valence-electron chi connectivity index (χ2n) is 8.45. The van der Waals surface area contributed by atoms with Gasteiger partial charge in [-0.25, -0.2) is 0 Å². The van der Waals surface area contributed by atoms with Crippen LogP contribution in [0.5, 0.6) is 0 Å². The molecule has 1 aromatic heterocycles. The van der Waals surface area contributed by atoms with Crippen molar-refractivity contribution in [3.63, 3.8) is 0 Å². The topological polar surface area (TPSA) is 65.7 Å². The molecule has 3 heterocycles. The van der Waals surface area contributed by atoms with Crippen LogP contribution in [0.3, 0.4) is 0 Å². The van der Waals surface area contributed by atoms with Crippen LogP contribution in [0.1, 0.15) is 49.9 Å². The summed E-state index contributed by atoms with van der Waals surface area (Å²) in [7, 11) is 0. The lowest BCUT2D eigenvalue weighted by Crippen LogP contribution is -2.62. The fourth-order valence-electron chi connectivity index (χ4n) is 5.99. The van der Waals surface area contributed by atoms with E-state index in [0.717, 1.165) is 19.3 Å². The molecular formula is C20H22O5. The number of Topliss-reactive ketones (excluding diaryl/α,β-unsaturated/α-hetero) is 1. The van der Waals surface area contributed by atoms with Crippen LogP contribution >= 0.6 is 0 Å². The Labute approximate surface area is 146 Å². The fourth-order valence-corrected chi connectivity index (χ4v) is 5.99. The van der Waals surface area contributed by atoms with Crippen molar-refractivity contribution in [3.8, 4) is 0 Å². The van der Waals surface area contributed by atoms with Gasteiger partial charge in [-0.2, -0.15) is 0 Å². The minimum Gasteiger partial charge on any atom is -0.472 e. The Morgan fingerprint density at radius 1 is 1.32 bits per heavy atom. The van der Waals surface area contributed by atoms with E-state index >= 15 is 0 Å². The van der Waals surface area contributed by atoms with Crippen molar-refractivity contribution in [1.82, 2.24) is 0 Å². The normalized spacial score (nSPS) is 46.8. The van der Waals surface area contributed by atoms with Gasteiger partial charge < -0.3 is 13.9 Å². The molecule has 0 amide bonds. The van der Waals surface area contributed by atoms with Crippen molar-refractivity contribution in [1.29, 1.82) is 0 Å². The number of rotatable bonds is 3.